The van der Waals surface area contributed by atoms with Gasteiger partial charge in [-0.1, -0.05) is 18.3 Å². The summed E-state index contributed by atoms with van der Waals surface area (Å²) in [4.78, 5) is 18.4. The first kappa shape index (κ1) is 14.4. The Morgan fingerprint density at radius 2 is 2.43 bits per heavy atom. The highest BCUT2D eigenvalue weighted by Gasteiger charge is 2.25. The molecule has 0 bridgehead atoms. The van der Waals surface area contributed by atoms with Gasteiger partial charge >= 0.3 is 0 Å². The van der Waals surface area contributed by atoms with Crippen molar-refractivity contribution in [1.29, 1.82) is 0 Å². The molecule has 0 N–H and O–H groups in total. The fraction of sp³-hybridized carbons (Fsp3) is 0.467. The summed E-state index contributed by atoms with van der Waals surface area (Å²) in [5.41, 5.74) is 0.720. The lowest BCUT2D eigenvalue weighted by molar-refractivity contribution is -0.118. The van der Waals surface area contributed by atoms with Gasteiger partial charge in [0.25, 0.3) is 0 Å². The summed E-state index contributed by atoms with van der Waals surface area (Å²) < 4.78 is 19.6. The van der Waals surface area contributed by atoms with Crippen LogP contribution in [0.15, 0.2) is 18.2 Å². The third-order valence-corrected chi connectivity index (χ3v) is 4.62. The lowest BCUT2D eigenvalue weighted by atomic mass is 10.2. The number of hydrogen-bond donors (Lipinski definition) is 0. The molecule has 0 saturated carbocycles. The Bertz CT molecular complexity index is 652. The molecule has 2 aromatic rings. The predicted molar refractivity (Wildman–Crippen MR) is 81.2 cm³/mol. The van der Waals surface area contributed by atoms with Crippen molar-refractivity contribution in [3.8, 4) is 0 Å². The van der Waals surface area contributed by atoms with Gasteiger partial charge in [0.15, 0.2) is 5.13 Å². The van der Waals surface area contributed by atoms with Crippen molar-refractivity contribution >= 4 is 32.6 Å². The van der Waals surface area contributed by atoms with Crippen LogP contribution in [0.4, 0.5) is 9.52 Å². The molecule has 1 saturated heterocycles. The highest BCUT2D eigenvalue weighted by Crippen LogP contribution is 2.30. The van der Waals surface area contributed by atoms with E-state index in [0.717, 1.165) is 29.7 Å². The van der Waals surface area contributed by atoms with Crippen LogP contribution in [0, 0.1) is 5.82 Å². The summed E-state index contributed by atoms with van der Waals surface area (Å²) in [5.74, 6) is -0.268. The van der Waals surface area contributed by atoms with Gasteiger partial charge in [-0.05, 0) is 31.0 Å². The number of benzene rings is 1. The monoisotopic (exact) mass is 308 g/mol. The first-order chi connectivity index (χ1) is 10.2. The normalized spacial score (nSPS) is 18.3. The van der Waals surface area contributed by atoms with E-state index < -0.39 is 0 Å². The molecule has 0 unspecified atom stereocenters. The summed E-state index contributed by atoms with van der Waals surface area (Å²) >= 11 is 1.35. The topological polar surface area (TPSA) is 42.4 Å². The van der Waals surface area contributed by atoms with Crippen LogP contribution >= 0.6 is 11.3 Å². The minimum Gasteiger partial charge on any atom is -0.376 e. The molecule has 112 valence electrons. The number of hydrogen-bond acceptors (Lipinski definition) is 4. The van der Waals surface area contributed by atoms with E-state index in [4.69, 9.17) is 4.74 Å². The van der Waals surface area contributed by atoms with E-state index in [1.165, 1.54) is 23.5 Å². The second kappa shape index (κ2) is 6.07. The van der Waals surface area contributed by atoms with Gasteiger partial charge in [-0.15, -0.1) is 0 Å². The molecule has 1 atom stereocenters. The number of thiazole rings is 1. The van der Waals surface area contributed by atoms with Crippen molar-refractivity contribution in [3.05, 3.63) is 24.0 Å². The van der Waals surface area contributed by atoms with Crippen LogP contribution in [0.25, 0.3) is 10.2 Å². The maximum absolute atomic E-state index is 13.3. The Morgan fingerprint density at radius 1 is 1.57 bits per heavy atom. The van der Waals surface area contributed by atoms with Gasteiger partial charge in [0.05, 0.1) is 22.9 Å². The standard InChI is InChI=1S/C15H17FN2O2S/c1-2-14(19)18(9-11-4-3-7-20-11)15-17-12-6-5-10(16)8-13(12)21-15/h5-6,8,11H,2-4,7,9H2,1H3/t11-/m0/s1. The fourth-order valence-corrected chi connectivity index (χ4v) is 3.49. The number of nitrogens with zero attached hydrogens (tertiary/aromatic N) is 2. The third kappa shape index (κ3) is 3.06. The van der Waals surface area contributed by atoms with Crippen molar-refractivity contribution in [1.82, 2.24) is 4.98 Å². The summed E-state index contributed by atoms with van der Waals surface area (Å²) in [5, 5.41) is 0.623. The van der Waals surface area contributed by atoms with Crippen molar-refractivity contribution in [3.63, 3.8) is 0 Å². The molecule has 0 radical (unpaired) electrons. The third-order valence-electron chi connectivity index (χ3n) is 3.58. The van der Waals surface area contributed by atoms with Crippen LogP contribution in [0.5, 0.6) is 0 Å². The lowest BCUT2D eigenvalue weighted by Crippen LogP contribution is -2.37. The van der Waals surface area contributed by atoms with Gasteiger partial charge in [0, 0.05) is 13.0 Å². The minimum atomic E-state index is -0.287. The Labute approximate surface area is 126 Å². The molecule has 1 fully saturated rings. The molecule has 3 rings (SSSR count). The molecule has 1 aromatic heterocycles. The maximum atomic E-state index is 13.3. The molecule has 4 nitrogen and oxygen atoms in total. The summed E-state index contributed by atoms with van der Waals surface area (Å²) in [6.45, 7) is 3.11. The van der Waals surface area contributed by atoms with Crippen LogP contribution in [0.2, 0.25) is 0 Å². The maximum Gasteiger partial charge on any atom is 0.228 e. The van der Waals surface area contributed by atoms with Gasteiger partial charge in [0.1, 0.15) is 5.82 Å². The number of fused-ring (bicyclic) bond motifs is 1. The van der Waals surface area contributed by atoms with Crippen molar-refractivity contribution in [2.75, 3.05) is 18.1 Å². The molecule has 1 aliphatic heterocycles. The molecule has 0 spiro atoms. The average molecular weight is 308 g/mol. The van der Waals surface area contributed by atoms with E-state index in [1.807, 2.05) is 6.92 Å². The molecule has 1 amide bonds. The first-order valence-electron chi connectivity index (χ1n) is 7.15. The Kier molecular flexibility index (Phi) is 4.17. The van der Waals surface area contributed by atoms with Crippen LogP contribution in [0.3, 0.4) is 0 Å². The van der Waals surface area contributed by atoms with Gasteiger partial charge in [-0.2, -0.15) is 0 Å². The fourth-order valence-electron chi connectivity index (χ4n) is 2.47. The second-order valence-electron chi connectivity index (χ2n) is 5.10. The average Bonchev–Trinajstić information content (AvgIpc) is 3.12. The number of rotatable bonds is 4. The molecule has 21 heavy (non-hydrogen) atoms. The smallest absolute Gasteiger partial charge is 0.228 e. The molecular weight excluding hydrogens is 291 g/mol. The number of carbonyl (C=O) groups is 1. The van der Waals surface area contributed by atoms with Gasteiger partial charge in [-0.25, -0.2) is 9.37 Å². The molecule has 6 heteroatoms. The number of halogens is 1. The Balaban J connectivity index is 1.90. The molecule has 1 aromatic carbocycles. The van der Waals surface area contributed by atoms with Crippen molar-refractivity contribution in [2.24, 2.45) is 0 Å². The highest BCUT2D eigenvalue weighted by atomic mass is 32.1. The number of aromatic nitrogens is 1. The molecule has 1 aliphatic rings. The van der Waals surface area contributed by atoms with Crippen LogP contribution in [-0.4, -0.2) is 30.1 Å². The van der Waals surface area contributed by atoms with Crippen LogP contribution in [0.1, 0.15) is 26.2 Å². The Hall–Kier alpha value is -1.53. The number of ether oxygens (including phenoxy) is 1. The zero-order chi connectivity index (χ0) is 14.8. The zero-order valence-electron chi connectivity index (χ0n) is 11.8. The number of carbonyl (C=O) groups excluding carboxylic acids is 1. The van der Waals surface area contributed by atoms with E-state index in [9.17, 15) is 9.18 Å². The molecule has 0 aliphatic carbocycles. The summed E-state index contributed by atoms with van der Waals surface area (Å²) in [6.07, 6.45) is 2.48. The molecule has 2 heterocycles. The predicted octanol–water partition coefficient (Wildman–Crippen LogP) is 3.36. The summed E-state index contributed by atoms with van der Waals surface area (Å²) in [6, 6.07) is 4.49. The largest absolute Gasteiger partial charge is 0.376 e. The van der Waals surface area contributed by atoms with Crippen LogP contribution in [-0.2, 0) is 9.53 Å². The van der Waals surface area contributed by atoms with E-state index in [2.05, 4.69) is 4.98 Å². The quantitative estimate of drug-likeness (QED) is 0.870. The van der Waals surface area contributed by atoms with E-state index in [0.29, 0.717) is 18.1 Å². The Morgan fingerprint density at radius 3 is 3.14 bits per heavy atom. The number of anilines is 1. The number of amides is 1. The first-order valence-corrected chi connectivity index (χ1v) is 7.97. The van der Waals surface area contributed by atoms with Crippen LogP contribution < -0.4 is 4.90 Å². The van der Waals surface area contributed by atoms with Crippen molar-refractivity contribution in [2.45, 2.75) is 32.3 Å². The van der Waals surface area contributed by atoms with Gasteiger partial charge in [0.2, 0.25) is 5.91 Å². The minimum absolute atomic E-state index is 0.0185. The zero-order valence-corrected chi connectivity index (χ0v) is 12.7. The van der Waals surface area contributed by atoms with E-state index in [-0.39, 0.29) is 17.8 Å². The van der Waals surface area contributed by atoms with Gasteiger partial charge < -0.3 is 4.74 Å². The van der Waals surface area contributed by atoms with E-state index in [1.54, 1.807) is 11.0 Å². The highest BCUT2D eigenvalue weighted by molar-refractivity contribution is 7.22. The lowest BCUT2D eigenvalue weighted by Gasteiger charge is -2.22. The van der Waals surface area contributed by atoms with Crippen molar-refractivity contribution < 1.29 is 13.9 Å². The molecular formula is C15H17FN2O2S. The SMILES string of the molecule is CCC(=O)N(C[C@@H]1CCCO1)c1nc2ccc(F)cc2s1. The van der Waals surface area contributed by atoms with E-state index >= 15 is 0 Å². The summed E-state index contributed by atoms with van der Waals surface area (Å²) in [7, 11) is 0. The van der Waals surface area contributed by atoms with Gasteiger partial charge in [-0.3, -0.25) is 9.69 Å². The second-order valence-corrected chi connectivity index (χ2v) is 6.11.